The number of fused-ring (bicyclic) bond motifs is 3. The van der Waals surface area contributed by atoms with Gasteiger partial charge in [0.2, 0.25) is 5.24 Å². The molecule has 0 radical (unpaired) electrons. The highest BCUT2D eigenvalue weighted by Crippen LogP contribution is 2.27. The third-order valence-corrected chi connectivity index (χ3v) is 3.09. The summed E-state index contributed by atoms with van der Waals surface area (Å²) in [6.45, 7) is 0. The second kappa shape index (κ2) is 3.90. The van der Waals surface area contributed by atoms with Crippen molar-refractivity contribution in [2.24, 2.45) is 0 Å². The number of nitrogens with one attached hydrogen (secondary N) is 1. The lowest BCUT2D eigenvalue weighted by Crippen LogP contribution is -1.94. The second-order valence-corrected chi connectivity index (χ2v) is 4.46. The Morgan fingerprint density at radius 3 is 2.65 bits per heavy atom. The van der Waals surface area contributed by atoms with Crippen molar-refractivity contribution in [2.75, 3.05) is 0 Å². The van der Waals surface area contributed by atoms with E-state index in [9.17, 15) is 4.79 Å². The summed E-state index contributed by atoms with van der Waals surface area (Å²) in [5.41, 5.74) is 3.03. The first kappa shape index (κ1) is 10.4. The van der Waals surface area contributed by atoms with Gasteiger partial charge in [-0.25, -0.2) is 0 Å². The number of para-hydroxylation sites is 2. The fourth-order valence-corrected chi connectivity index (χ4v) is 2.37. The number of halogens is 1. The predicted octanol–water partition coefficient (Wildman–Crippen LogP) is 3.63. The highest BCUT2D eigenvalue weighted by atomic mass is 35.5. The van der Waals surface area contributed by atoms with Crippen LogP contribution in [0.1, 0.15) is 5.56 Å². The van der Waals surface area contributed by atoms with Crippen LogP contribution in [-0.4, -0.2) is 10.2 Å². The van der Waals surface area contributed by atoms with E-state index in [1.54, 1.807) is 0 Å². The Labute approximate surface area is 103 Å². The lowest BCUT2D eigenvalue weighted by molar-refractivity contribution is -0.111. The van der Waals surface area contributed by atoms with E-state index in [2.05, 4.69) is 17.1 Å². The summed E-state index contributed by atoms with van der Waals surface area (Å²) in [6, 6.07) is 14.0. The van der Waals surface area contributed by atoms with Crippen LogP contribution >= 0.6 is 11.6 Å². The first-order valence-corrected chi connectivity index (χ1v) is 5.80. The van der Waals surface area contributed by atoms with E-state index < -0.39 is 0 Å². The molecule has 3 rings (SSSR count). The molecule has 0 saturated heterocycles. The molecule has 2 nitrogen and oxygen atoms in total. The van der Waals surface area contributed by atoms with Crippen LogP contribution in [0.15, 0.2) is 42.5 Å². The van der Waals surface area contributed by atoms with Crippen LogP contribution in [0.4, 0.5) is 0 Å². The minimum Gasteiger partial charge on any atom is -0.354 e. The number of H-pyrrole nitrogens is 1. The summed E-state index contributed by atoms with van der Waals surface area (Å²) in [5.74, 6) is 0. The number of carbonyl (C=O) groups excluding carboxylic acids is 1. The molecule has 0 atom stereocenters. The van der Waals surface area contributed by atoms with E-state index in [1.165, 1.54) is 5.39 Å². The van der Waals surface area contributed by atoms with Crippen LogP contribution in [-0.2, 0) is 11.2 Å². The van der Waals surface area contributed by atoms with Crippen molar-refractivity contribution < 1.29 is 4.79 Å². The number of hydrogen-bond acceptors (Lipinski definition) is 1. The largest absolute Gasteiger partial charge is 0.354 e. The molecule has 3 heteroatoms. The van der Waals surface area contributed by atoms with Crippen LogP contribution in [0.3, 0.4) is 0 Å². The normalized spacial score (nSPS) is 11.1. The van der Waals surface area contributed by atoms with E-state index in [4.69, 9.17) is 11.6 Å². The van der Waals surface area contributed by atoms with Gasteiger partial charge in [0.25, 0.3) is 0 Å². The van der Waals surface area contributed by atoms with Gasteiger partial charge >= 0.3 is 0 Å². The maximum Gasteiger partial charge on any atom is 0.226 e. The van der Waals surface area contributed by atoms with Gasteiger partial charge in [0.15, 0.2) is 0 Å². The van der Waals surface area contributed by atoms with Crippen LogP contribution in [0, 0.1) is 0 Å². The third-order valence-electron chi connectivity index (χ3n) is 2.96. The Balaban J connectivity index is 2.35. The number of hydrogen-bond donors (Lipinski definition) is 1. The minimum atomic E-state index is -0.337. The van der Waals surface area contributed by atoms with Crippen molar-refractivity contribution in [2.45, 2.75) is 6.42 Å². The van der Waals surface area contributed by atoms with Crippen molar-refractivity contribution >= 4 is 38.6 Å². The number of aromatic nitrogens is 1. The Kier molecular flexibility index (Phi) is 2.37. The molecule has 0 bridgehead atoms. The molecule has 0 spiro atoms. The molecule has 0 aliphatic carbocycles. The topological polar surface area (TPSA) is 32.9 Å². The van der Waals surface area contributed by atoms with E-state index in [0.29, 0.717) is 0 Å². The number of aromatic amines is 1. The number of rotatable bonds is 2. The zero-order chi connectivity index (χ0) is 11.8. The zero-order valence-electron chi connectivity index (χ0n) is 9.03. The van der Waals surface area contributed by atoms with E-state index in [-0.39, 0.29) is 11.7 Å². The predicted molar refractivity (Wildman–Crippen MR) is 70.4 cm³/mol. The maximum absolute atomic E-state index is 11.0. The van der Waals surface area contributed by atoms with Crippen LogP contribution < -0.4 is 0 Å². The van der Waals surface area contributed by atoms with Gasteiger partial charge in [-0.15, -0.1) is 0 Å². The maximum atomic E-state index is 11.0. The van der Waals surface area contributed by atoms with E-state index >= 15 is 0 Å². The Morgan fingerprint density at radius 1 is 1.06 bits per heavy atom. The molecule has 0 amide bonds. The van der Waals surface area contributed by atoms with Crippen molar-refractivity contribution in [3.8, 4) is 0 Å². The van der Waals surface area contributed by atoms with Gasteiger partial charge in [-0.05, 0) is 23.2 Å². The molecule has 2 aromatic carbocycles. The monoisotopic (exact) mass is 243 g/mol. The van der Waals surface area contributed by atoms with Gasteiger partial charge < -0.3 is 4.98 Å². The second-order valence-electron chi connectivity index (χ2n) is 4.04. The third kappa shape index (κ3) is 1.71. The molecule has 1 aromatic heterocycles. The Morgan fingerprint density at radius 2 is 1.82 bits per heavy atom. The van der Waals surface area contributed by atoms with E-state index in [1.807, 2.05) is 30.3 Å². The van der Waals surface area contributed by atoms with Crippen molar-refractivity contribution in [3.05, 3.63) is 48.0 Å². The number of benzene rings is 2. The minimum absolute atomic E-state index is 0.256. The average molecular weight is 244 g/mol. The quantitative estimate of drug-likeness (QED) is 0.685. The molecule has 0 unspecified atom stereocenters. The van der Waals surface area contributed by atoms with Crippen LogP contribution in [0.2, 0.25) is 0 Å². The Bertz CT molecular complexity index is 714. The molecule has 3 aromatic rings. The molecular formula is C14H10ClNO. The van der Waals surface area contributed by atoms with Crippen molar-refractivity contribution in [3.63, 3.8) is 0 Å². The summed E-state index contributed by atoms with van der Waals surface area (Å²) in [7, 11) is 0. The lowest BCUT2D eigenvalue weighted by atomic mass is 10.1. The summed E-state index contributed by atoms with van der Waals surface area (Å²) < 4.78 is 0. The highest BCUT2D eigenvalue weighted by molar-refractivity contribution is 6.63. The molecule has 0 saturated carbocycles. The molecule has 0 fully saturated rings. The molecule has 1 heterocycles. The first-order valence-electron chi connectivity index (χ1n) is 5.42. The fourth-order valence-electron chi connectivity index (χ4n) is 2.23. The molecular weight excluding hydrogens is 234 g/mol. The fraction of sp³-hybridized carbons (Fsp3) is 0.0714. The van der Waals surface area contributed by atoms with Gasteiger partial charge in [-0.1, -0.05) is 36.4 Å². The molecule has 17 heavy (non-hydrogen) atoms. The summed E-state index contributed by atoms with van der Waals surface area (Å²) in [4.78, 5) is 14.4. The summed E-state index contributed by atoms with van der Waals surface area (Å²) in [5, 5.41) is 1.97. The van der Waals surface area contributed by atoms with Gasteiger partial charge in [0.05, 0.1) is 5.52 Å². The summed E-state index contributed by atoms with van der Waals surface area (Å²) in [6.07, 6.45) is 0.256. The van der Waals surface area contributed by atoms with Crippen molar-refractivity contribution in [1.29, 1.82) is 0 Å². The van der Waals surface area contributed by atoms with Crippen LogP contribution in [0.5, 0.6) is 0 Å². The molecule has 1 N–H and O–H groups in total. The van der Waals surface area contributed by atoms with Crippen LogP contribution in [0.25, 0.3) is 21.8 Å². The van der Waals surface area contributed by atoms with Gasteiger partial charge in [0.1, 0.15) is 0 Å². The standard InChI is InChI=1S/C14H10ClNO/c15-13(17)8-9-4-3-6-11-10-5-1-2-7-12(10)16-14(9)11/h1-7,16H,8H2. The van der Waals surface area contributed by atoms with Gasteiger partial charge in [0, 0.05) is 22.7 Å². The van der Waals surface area contributed by atoms with Crippen molar-refractivity contribution in [1.82, 2.24) is 4.98 Å². The van der Waals surface area contributed by atoms with Gasteiger partial charge in [-0.3, -0.25) is 4.79 Å². The first-order chi connectivity index (χ1) is 8.25. The SMILES string of the molecule is O=C(Cl)Cc1cccc2c1[nH]c1ccccc12. The lowest BCUT2D eigenvalue weighted by Gasteiger charge is -1.98. The highest BCUT2D eigenvalue weighted by Gasteiger charge is 2.09. The molecule has 0 aliphatic rings. The molecule has 0 aliphatic heterocycles. The van der Waals surface area contributed by atoms with Gasteiger partial charge in [-0.2, -0.15) is 0 Å². The number of carbonyl (C=O) groups is 1. The zero-order valence-corrected chi connectivity index (χ0v) is 9.79. The smallest absolute Gasteiger partial charge is 0.226 e. The molecule has 84 valence electrons. The van der Waals surface area contributed by atoms with E-state index in [0.717, 1.165) is 22.0 Å². The Hall–Kier alpha value is -1.80. The summed E-state index contributed by atoms with van der Waals surface area (Å²) >= 11 is 5.46. The average Bonchev–Trinajstić information content (AvgIpc) is 2.68.